The standard InChI is InChI=1S/C12H10Cl2N2/c1-2-12-15-10(7-11(14)16-12)8-4-3-5-9(13)6-8/h3-7H,2H2,1H3. The molecule has 0 atom stereocenters. The van der Waals surface area contributed by atoms with Crippen molar-refractivity contribution >= 4 is 23.2 Å². The van der Waals surface area contributed by atoms with E-state index in [1.807, 2.05) is 31.2 Å². The van der Waals surface area contributed by atoms with Crippen molar-refractivity contribution in [1.82, 2.24) is 9.97 Å². The normalized spacial score (nSPS) is 10.4. The summed E-state index contributed by atoms with van der Waals surface area (Å²) >= 11 is 11.9. The Morgan fingerprint density at radius 2 is 1.94 bits per heavy atom. The molecule has 1 heterocycles. The molecule has 0 aliphatic rings. The van der Waals surface area contributed by atoms with Crippen LogP contribution in [0.5, 0.6) is 0 Å². The first-order chi connectivity index (χ1) is 7.69. The highest BCUT2D eigenvalue weighted by Gasteiger charge is 2.04. The van der Waals surface area contributed by atoms with Gasteiger partial charge in [0.2, 0.25) is 0 Å². The zero-order valence-corrected chi connectivity index (χ0v) is 10.3. The zero-order valence-electron chi connectivity index (χ0n) is 8.74. The molecule has 2 aromatic rings. The summed E-state index contributed by atoms with van der Waals surface area (Å²) in [7, 11) is 0. The molecule has 2 nitrogen and oxygen atoms in total. The monoisotopic (exact) mass is 252 g/mol. The quantitative estimate of drug-likeness (QED) is 0.755. The van der Waals surface area contributed by atoms with Gasteiger partial charge in [-0.2, -0.15) is 0 Å². The molecule has 82 valence electrons. The van der Waals surface area contributed by atoms with Crippen LogP contribution in [0.15, 0.2) is 30.3 Å². The highest BCUT2D eigenvalue weighted by Crippen LogP contribution is 2.22. The number of hydrogen-bond donors (Lipinski definition) is 0. The summed E-state index contributed by atoms with van der Waals surface area (Å²) in [6, 6.07) is 9.27. The summed E-state index contributed by atoms with van der Waals surface area (Å²) in [5.74, 6) is 0.738. The van der Waals surface area contributed by atoms with Gasteiger partial charge in [-0.3, -0.25) is 0 Å². The molecule has 1 aromatic heterocycles. The molecule has 0 radical (unpaired) electrons. The summed E-state index contributed by atoms with van der Waals surface area (Å²) in [6.45, 7) is 1.99. The van der Waals surface area contributed by atoms with E-state index in [9.17, 15) is 0 Å². The molecule has 0 saturated heterocycles. The first-order valence-corrected chi connectivity index (χ1v) is 5.74. The van der Waals surface area contributed by atoms with E-state index in [0.717, 1.165) is 23.5 Å². The van der Waals surface area contributed by atoms with Crippen LogP contribution in [0, 0.1) is 0 Å². The third-order valence-corrected chi connectivity index (χ3v) is 2.61. The largest absolute Gasteiger partial charge is 0.233 e. The highest BCUT2D eigenvalue weighted by atomic mass is 35.5. The van der Waals surface area contributed by atoms with Gasteiger partial charge in [-0.1, -0.05) is 42.3 Å². The van der Waals surface area contributed by atoms with E-state index >= 15 is 0 Å². The van der Waals surface area contributed by atoms with Gasteiger partial charge in [0.15, 0.2) is 0 Å². The smallest absolute Gasteiger partial charge is 0.133 e. The highest BCUT2D eigenvalue weighted by molar-refractivity contribution is 6.31. The molecule has 0 spiro atoms. The molecule has 0 amide bonds. The molecular weight excluding hydrogens is 243 g/mol. The van der Waals surface area contributed by atoms with Gasteiger partial charge in [-0.15, -0.1) is 0 Å². The van der Waals surface area contributed by atoms with Gasteiger partial charge in [-0.25, -0.2) is 9.97 Å². The van der Waals surface area contributed by atoms with Crippen LogP contribution in [0.3, 0.4) is 0 Å². The van der Waals surface area contributed by atoms with E-state index < -0.39 is 0 Å². The summed E-state index contributed by atoms with van der Waals surface area (Å²) in [5, 5.41) is 1.15. The van der Waals surface area contributed by atoms with E-state index in [1.165, 1.54) is 0 Å². The molecule has 0 fully saturated rings. The predicted molar refractivity (Wildman–Crippen MR) is 66.9 cm³/mol. The van der Waals surface area contributed by atoms with E-state index in [0.29, 0.717) is 10.2 Å². The maximum atomic E-state index is 5.93. The number of hydrogen-bond acceptors (Lipinski definition) is 2. The number of aryl methyl sites for hydroxylation is 1. The van der Waals surface area contributed by atoms with Gasteiger partial charge in [0.1, 0.15) is 11.0 Å². The van der Waals surface area contributed by atoms with Crippen LogP contribution >= 0.6 is 23.2 Å². The lowest BCUT2D eigenvalue weighted by molar-refractivity contribution is 0.943. The molecule has 16 heavy (non-hydrogen) atoms. The Hall–Kier alpha value is -1.12. The van der Waals surface area contributed by atoms with Gasteiger partial charge in [0, 0.05) is 23.1 Å². The average Bonchev–Trinajstić information content (AvgIpc) is 2.28. The van der Waals surface area contributed by atoms with Crippen molar-refractivity contribution < 1.29 is 0 Å². The molecule has 0 bridgehead atoms. The van der Waals surface area contributed by atoms with E-state index in [2.05, 4.69) is 9.97 Å². The Morgan fingerprint density at radius 3 is 2.62 bits per heavy atom. The van der Waals surface area contributed by atoms with Crippen LogP contribution < -0.4 is 0 Å². The molecular formula is C12H10Cl2N2. The molecule has 0 aliphatic heterocycles. The van der Waals surface area contributed by atoms with Gasteiger partial charge in [0.05, 0.1) is 5.69 Å². The van der Waals surface area contributed by atoms with Crippen LogP contribution in [-0.2, 0) is 6.42 Å². The van der Waals surface area contributed by atoms with Crippen molar-refractivity contribution in [2.75, 3.05) is 0 Å². The Morgan fingerprint density at radius 1 is 1.12 bits per heavy atom. The third kappa shape index (κ3) is 2.52. The zero-order chi connectivity index (χ0) is 11.5. The molecule has 0 aliphatic carbocycles. The Bertz CT molecular complexity index is 512. The van der Waals surface area contributed by atoms with Crippen LogP contribution in [-0.4, -0.2) is 9.97 Å². The molecule has 2 rings (SSSR count). The van der Waals surface area contributed by atoms with E-state index in [1.54, 1.807) is 6.07 Å². The average molecular weight is 253 g/mol. The van der Waals surface area contributed by atoms with Crippen molar-refractivity contribution in [3.05, 3.63) is 46.3 Å². The second-order valence-corrected chi connectivity index (χ2v) is 4.18. The number of aromatic nitrogens is 2. The lowest BCUT2D eigenvalue weighted by Gasteiger charge is -2.04. The van der Waals surface area contributed by atoms with Crippen molar-refractivity contribution in [3.8, 4) is 11.3 Å². The molecule has 0 saturated carbocycles. The summed E-state index contributed by atoms with van der Waals surface area (Å²) in [5.41, 5.74) is 1.76. The molecule has 4 heteroatoms. The van der Waals surface area contributed by atoms with Crippen molar-refractivity contribution in [2.45, 2.75) is 13.3 Å². The molecule has 1 aromatic carbocycles. The van der Waals surface area contributed by atoms with Crippen LogP contribution in [0.2, 0.25) is 10.2 Å². The van der Waals surface area contributed by atoms with Crippen molar-refractivity contribution in [1.29, 1.82) is 0 Å². The van der Waals surface area contributed by atoms with E-state index in [4.69, 9.17) is 23.2 Å². The van der Waals surface area contributed by atoms with Crippen LogP contribution in [0.25, 0.3) is 11.3 Å². The van der Waals surface area contributed by atoms with E-state index in [-0.39, 0.29) is 0 Å². The van der Waals surface area contributed by atoms with Crippen molar-refractivity contribution in [3.63, 3.8) is 0 Å². The minimum atomic E-state index is 0.460. The number of rotatable bonds is 2. The maximum Gasteiger partial charge on any atom is 0.133 e. The molecule has 0 unspecified atom stereocenters. The first kappa shape index (κ1) is 11.4. The van der Waals surface area contributed by atoms with Gasteiger partial charge >= 0.3 is 0 Å². The number of halogens is 2. The predicted octanol–water partition coefficient (Wildman–Crippen LogP) is 4.01. The fourth-order valence-corrected chi connectivity index (χ4v) is 1.81. The second-order valence-electron chi connectivity index (χ2n) is 3.36. The fraction of sp³-hybridized carbons (Fsp3) is 0.167. The summed E-state index contributed by atoms with van der Waals surface area (Å²) < 4.78 is 0. The van der Waals surface area contributed by atoms with Gasteiger partial charge in [-0.05, 0) is 12.1 Å². The SMILES string of the molecule is CCc1nc(Cl)cc(-c2cccc(Cl)c2)n1. The van der Waals surface area contributed by atoms with Crippen LogP contribution in [0.4, 0.5) is 0 Å². The van der Waals surface area contributed by atoms with Crippen molar-refractivity contribution in [2.24, 2.45) is 0 Å². The number of nitrogens with zero attached hydrogens (tertiary/aromatic N) is 2. The number of benzene rings is 1. The molecule has 0 N–H and O–H groups in total. The lowest BCUT2D eigenvalue weighted by Crippen LogP contribution is -1.95. The van der Waals surface area contributed by atoms with Crippen LogP contribution in [0.1, 0.15) is 12.7 Å². The minimum Gasteiger partial charge on any atom is -0.233 e. The van der Waals surface area contributed by atoms with Gasteiger partial charge < -0.3 is 0 Å². The topological polar surface area (TPSA) is 25.8 Å². The maximum absolute atomic E-state index is 5.93. The summed E-state index contributed by atoms with van der Waals surface area (Å²) in [4.78, 5) is 8.53. The second kappa shape index (κ2) is 4.81. The van der Waals surface area contributed by atoms with Gasteiger partial charge in [0.25, 0.3) is 0 Å². The fourth-order valence-electron chi connectivity index (χ4n) is 1.42. The Kier molecular flexibility index (Phi) is 3.42. The third-order valence-electron chi connectivity index (χ3n) is 2.18. The summed E-state index contributed by atoms with van der Waals surface area (Å²) in [6.07, 6.45) is 0.758. The Balaban J connectivity index is 2.51. The Labute approximate surface area is 104 Å². The lowest BCUT2D eigenvalue weighted by atomic mass is 10.1. The minimum absolute atomic E-state index is 0.460. The first-order valence-electron chi connectivity index (χ1n) is 4.98.